The number of carbonyl (C=O) groups is 1. The molecule has 0 unspecified atom stereocenters. The van der Waals surface area contributed by atoms with Crippen LogP contribution >= 0.6 is 11.6 Å². The molecule has 1 aliphatic heterocycles. The van der Waals surface area contributed by atoms with Crippen molar-refractivity contribution in [3.63, 3.8) is 0 Å². The van der Waals surface area contributed by atoms with Gasteiger partial charge in [0.2, 0.25) is 15.9 Å². The zero-order valence-electron chi connectivity index (χ0n) is 17.5. The Balaban J connectivity index is 1.78. The van der Waals surface area contributed by atoms with Crippen LogP contribution in [0.25, 0.3) is 0 Å². The fourth-order valence-corrected chi connectivity index (χ4v) is 4.74. The van der Waals surface area contributed by atoms with E-state index in [1.165, 1.54) is 13.2 Å². The second kappa shape index (κ2) is 9.65. The van der Waals surface area contributed by atoms with Gasteiger partial charge < -0.3 is 19.5 Å². The number of sulfonamides is 1. The number of anilines is 1. The first-order valence-electron chi connectivity index (χ1n) is 9.73. The Morgan fingerprint density at radius 2 is 2.00 bits per heavy atom. The number of carbonyl (C=O) groups excluding carboxylic acids is 1. The second-order valence-corrected chi connectivity index (χ2v) is 9.34. The molecule has 168 valence electrons. The second-order valence-electron chi connectivity index (χ2n) is 7.04. The lowest BCUT2D eigenvalue weighted by atomic mass is 10.1. The van der Waals surface area contributed by atoms with Crippen LogP contribution in [0.3, 0.4) is 0 Å². The van der Waals surface area contributed by atoms with E-state index in [0.29, 0.717) is 22.3 Å². The van der Waals surface area contributed by atoms with Gasteiger partial charge in [-0.1, -0.05) is 30.7 Å². The van der Waals surface area contributed by atoms with Crippen LogP contribution in [0.5, 0.6) is 17.2 Å². The van der Waals surface area contributed by atoms with Crippen molar-refractivity contribution in [3.8, 4) is 17.2 Å². The van der Waals surface area contributed by atoms with E-state index < -0.39 is 28.1 Å². The van der Waals surface area contributed by atoms with E-state index in [4.69, 9.17) is 25.8 Å². The summed E-state index contributed by atoms with van der Waals surface area (Å²) in [4.78, 5) is 13.0. The molecule has 10 heteroatoms. The van der Waals surface area contributed by atoms with Gasteiger partial charge in [0.15, 0.2) is 11.5 Å². The summed E-state index contributed by atoms with van der Waals surface area (Å²) < 4.78 is 43.2. The minimum Gasteiger partial charge on any atom is -0.495 e. The summed E-state index contributed by atoms with van der Waals surface area (Å²) in [6.07, 6.45) is 0.876. The van der Waals surface area contributed by atoms with Crippen LogP contribution in [0.1, 0.15) is 13.3 Å². The number of rotatable bonds is 8. The number of benzene rings is 2. The number of ether oxygens (including phenoxy) is 3. The molecule has 0 bridgehead atoms. The molecule has 0 fully saturated rings. The highest BCUT2D eigenvalue weighted by Gasteiger charge is 2.34. The molecule has 0 aliphatic carbocycles. The molecule has 2 aromatic carbocycles. The normalized spacial score (nSPS) is 16.3. The van der Waals surface area contributed by atoms with Gasteiger partial charge >= 0.3 is 0 Å². The number of nitrogens with zero attached hydrogens (tertiary/aromatic N) is 1. The molecular weight excluding hydrogens is 444 g/mol. The Bertz CT molecular complexity index is 1050. The zero-order chi connectivity index (χ0) is 22.6. The quantitative estimate of drug-likeness (QED) is 0.640. The van der Waals surface area contributed by atoms with Gasteiger partial charge in [-0.15, -0.1) is 0 Å². The highest BCUT2D eigenvalue weighted by atomic mass is 35.5. The first-order valence-corrected chi connectivity index (χ1v) is 12.0. The molecule has 0 saturated heterocycles. The van der Waals surface area contributed by atoms with Crippen LogP contribution in [0.15, 0.2) is 42.5 Å². The number of amides is 1. The Labute approximate surface area is 187 Å². The van der Waals surface area contributed by atoms with E-state index >= 15 is 0 Å². The highest BCUT2D eigenvalue weighted by molar-refractivity contribution is 7.92. The van der Waals surface area contributed by atoms with E-state index in [9.17, 15) is 13.2 Å². The summed E-state index contributed by atoms with van der Waals surface area (Å²) in [5.74, 6) is 1.08. The van der Waals surface area contributed by atoms with Crippen molar-refractivity contribution in [2.75, 3.05) is 30.8 Å². The van der Waals surface area contributed by atoms with Gasteiger partial charge in [-0.25, -0.2) is 8.42 Å². The third-order valence-corrected chi connectivity index (χ3v) is 6.18. The van der Waals surface area contributed by atoms with Crippen molar-refractivity contribution in [2.45, 2.75) is 25.5 Å². The van der Waals surface area contributed by atoms with E-state index in [1.807, 2.05) is 12.1 Å². The Hall–Kier alpha value is -2.65. The number of fused-ring (bicyclic) bond motifs is 1. The number of para-hydroxylation sites is 2. The summed E-state index contributed by atoms with van der Waals surface area (Å²) in [6.45, 7) is 2.16. The van der Waals surface area contributed by atoms with Crippen LogP contribution in [0.4, 0.5) is 5.69 Å². The maximum atomic E-state index is 13.0. The van der Waals surface area contributed by atoms with E-state index in [1.54, 1.807) is 31.2 Å². The summed E-state index contributed by atoms with van der Waals surface area (Å²) in [6, 6.07) is 10.9. The summed E-state index contributed by atoms with van der Waals surface area (Å²) in [5, 5.41) is 3.11. The molecule has 3 rings (SSSR count). The number of hydrogen-bond donors (Lipinski definition) is 1. The van der Waals surface area contributed by atoms with E-state index in [0.717, 1.165) is 10.6 Å². The van der Waals surface area contributed by atoms with Crippen molar-refractivity contribution >= 4 is 33.2 Å². The lowest BCUT2D eigenvalue weighted by Crippen LogP contribution is -2.51. The Morgan fingerprint density at radius 3 is 2.65 bits per heavy atom. The number of methoxy groups -OCH3 is 1. The van der Waals surface area contributed by atoms with Gasteiger partial charge in [0.1, 0.15) is 24.5 Å². The Kier molecular flexibility index (Phi) is 7.17. The number of halogens is 1. The molecular formula is C21H25ClN2O6S. The summed E-state index contributed by atoms with van der Waals surface area (Å²) >= 11 is 6.09. The highest BCUT2D eigenvalue weighted by Crippen LogP contribution is 2.35. The molecule has 1 heterocycles. The molecule has 2 atom stereocenters. The minimum absolute atomic E-state index is 0.161. The molecule has 2 aromatic rings. The monoisotopic (exact) mass is 468 g/mol. The SMILES string of the molecule is CC[C@H](C(=O)NC[C@@H]1COc2ccccc2O1)N(c1cc(Cl)ccc1OC)S(C)(=O)=O. The average Bonchev–Trinajstić information content (AvgIpc) is 2.74. The third kappa shape index (κ3) is 5.34. The van der Waals surface area contributed by atoms with Gasteiger partial charge in [0.25, 0.3) is 0 Å². The van der Waals surface area contributed by atoms with E-state index in [-0.39, 0.29) is 25.3 Å². The van der Waals surface area contributed by atoms with Crippen LogP contribution < -0.4 is 23.8 Å². The smallest absolute Gasteiger partial charge is 0.244 e. The van der Waals surface area contributed by atoms with Crippen LogP contribution in [0.2, 0.25) is 5.02 Å². The molecule has 8 nitrogen and oxygen atoms in total. The van der Waals surface area contributed by atoms with Crippen molar-refractivity contribution in [2.24, 2.45) is 0 Å². The molecule has 1 aliphatic rings. The maximum Gasteiger partial charge on any atom is 0.244 e. The van der Waals surface area contributed by atoms with Crippen molar-refractivity contribution in [3.05, 3.63) is 47.5 Å². The van der Waals surface area contributed by atoms with Gasteiger partial charge in [0, 0.05) is 5.02 Å². The predicted molar refractivity (Wildman–Crippen MR) is 119 cm³/mol. The lowest BCUT2D eigenvalue weighted by Gasteiger charge is -2.32. The largest absolute Gasteiger partial charge is 0.495 e. The average molecular weight is 469 g/mol. The molecule has 1 amide bonds. The van der Waals surface area contributed by atoms with Gasteiger partial charge in [0.05, 0.1) is 25.6 Å². The van der Waals surface area contributed by atoms with Crippen LogP contribution in [-0.4, -0.2) is 53.0 Å². The molecule has 0 saturated carbocycles. The van der Waals surface area contributed by atoms with Gasteiger partial charge in [-0.05, 0) is 36.8 Å². The standard InChI is InChI=1S/C21H25ClN2O6S/c1-4-16(24(31(3,26)27)17-11-14(22)9-10-18(17)28-2)21(25)23-12-15-13-29-19-7-5-6-8-20(19)30-15/h5-11,15-16H,4,12-13H2,1-3H3,(H,23,25)/t15-,16-/m1/s1. The number of nitrogens with one attached hydrogen (secondary N) is 1. The van der Waals surface area contributed by atoms with Crippen LogP contribution in [-0.2, 0) is 14.8 Å². The molecule has 31 heavy (non-hydrogen) atoms. The van der Waals surface area contributed by atoms with Crippen molar-refractivity contribution < 1.29 is 27.4 Å². The maximum absolute atomic E-state index is 13.0. The van der Waals surface area contributed by atoms with Gasteiger partial charge in [-0.3, -0.25) is 9.10 Å². The lowest BCUT2D eigenvalue weighted by molar-refractivity contribution is -0.122. The summed E-state index contributed by atoms with van der Waals surface area (Å²) in [7, 11) is -2.41. The van der Waals surface area contributed by atoms with Gasteiger partial charge in [-0.2, -0.15) is 0 Å². The third-order valence-electron chi connectivity index (χ3n) is 4.78. The van der Waals surface area contributed by atoms with E-state index in [2.05, 4.69) is 5.32 Å². The van der Waals surface area contributed by atoms with Crippen molar-refractivity contribution in [1.82, 2.24) is 5.32 Å². The fraction of sp³-hybridized carbons (Fsp3) is 0.381. The topological polar surface area (TPSA) is 94.2 Å². The molecule has 0 radical (unpaired) electrons. The first kappa shape index (κ1) is 23.0. The minimum atomic E-state index is -3.83. The molecule has 0 aromatic heterocycles. The first-order chi connectivity index (χ1) is 14.7. The molecule has 0 spiro atoms. The summed E-state index contributed by atoms with van der Waals surface area (Å²) in [5.41, 5.74) is 0.200. The number of hydrogen-bond acceptors (Lipinski definition) is 6. The zero-order valence-corrected chi connectivity index (χ0v) is 19.1. The van der Waals surface area contributed by atoms with Crippen molar-refractivity contribution in [1.29, 1.82) is 0 Å². The van der Waals surface area contributed by atoms with Crippen LogP contribution in [0, 0.1) is 0 Å². The fourth-order valence-electron chi connectivity index (χ4n) is 3.37. The Morgan fingerprint density at radius 1 is 1.29 bits per heavy atom. The predicted octanol–water partition coefficient (Wildman–Crippen LogP) is 2.85. The molecule has 1 N–H and O–H groups in total.